The van der Waals surface area contributed by atoms with E-state index in [2.05, 4.69) is 4.72 Å². The molecular weight excluding hydrogens is 294 g/mol. The number of nitro groups is 1. The molecule has 0 aliphatic heterocycles. The molecule has 0 aromatic heterocycles. The highest BCUT2D eigenvalue weighted by atomic mass is 32.2. The van der Waals surface area contributed by atoms with Crippen LogP contribution in [-0.2, 0) is 10.0 Å². The Labute approximate surface area is 123 Å². The fourth-order valence-electron chi connectivity index (χ4n) is 2.13. The third kappa shape index (κ3) is 3.58. The molecule has 1 aliphatic rings. The van der Waals surface area contributed by atoms with Gasteiger partial charge in [0.15, 0.2) is 0 Å². The number of nitrogens with one attached hydrogen (secondary N) is 1. The molecule has 0 heterocycles. The molecule has 1 fully saturated rings. The Morgan fingerprint density at radius 2 is 2.05 bits per heavy atom. The van der Waals surface area contributed by atoms with Gasteiger partial charge in [0.2, 0.25) is 10.0 Å². The Balaban J connectivity index is 2.24. The molecule has 1 unspecified atom stereocenters. The van der Waals surface area contributed by atoms with Crippen LogP contribution in [0.5, 0.6) is 0 Å². The number of aryl methyl sites for hydroxylation is 1. The molecule has 0 saturated heterocycles. The second kappa shape index (κ2) is 5.70. The van der Waals surface area contributed by atoms with Crippen LogP contribution in [0.4, 0.5) is 5.69 Å². The lowest BCUT2D eigenvalue weighted by atomic mass is 10.1. The molecule has 1 aromatic carbocycles. The van der Waals surface area contributed by atoms with Crippen molar-refractivity contribution in [3.05, 3.63) is 33.4 Å². The number of hydrogen-bond acceptors (Lipinski definition) is 5. The molecule has 1 aromatic rings. The van der Waals surface area contributed by atoms with Gasteiger partial charge in [0.25, 0.3) is 5.69 Å². The van der Waals surface area contributed by atoms with Crippen LogP contribution in [0.2, 0.25) is 0 Å². The SMILES string of the molecule is Cc1cc(S(=O)(=O)NCC(N)C2CC2)cc([N+](=O)[O-])c1C. The zero-order valence-corrected chi connectivity index (χ0v) is 12.8. The van der Waals surface area contributed by atoms with Crippen molar-refractivity contribution >= 4 is 15.7 Å². The topological polar surface area (TPSA) is 115 Å². The third-order valence-corrected chi connectivity index (χ3v) is 5.26. The van der Waals surface area contributed by atoms with Gasteiger partial charge in [-0.05, 0) is 44.2 Å². The highest BCUT2D eigenvalue weighted by Crippen LogP contribution is 2.31. The molecule has 21 heavy (non-hydrogen) atoms. The van der Waals surface area contributed by atoms with Crippen molar-refractivity contribution in [3.8, 4) is 0 Å². The lowest BCUT2D eigenvalue weighted by Gasteiger charge is -2.13. The van der Waals surface area contributed by atoms with Crippen LogP contribution in [0.1, 0.15) is 24.0 Å². The van der Waals surface area contributed by atoms with Crippen molar-refractivity contribution in [3.63, 3.8) is 0 Å². The summed E-state index contributed by atoms with van der Waals surface area (Å²) in [6, 6.07) is 2.32. The summed E-state index contributed by atoms with van der Waals surface area (Å²) in [5, 5.41) is 11.0. The van der Waals surface area contributed by atoms with E-state index in [1.165, 1.54) is 6.07 Å². The summed E-state index contributed by atoms with van der Waals surface area (Å²) in [4.78, 5) is 10.3. The first kappa shape index (κ1) is 15.9. The molecule has 0 radical (unpaired) electrons. The van der Waals surface area contributed by atoms with Gasteiger partial charge in [-0.1, -0.05) is 0 Å². The molecule has 2 rings (SSSR count). The molecule has 1 aliphatic carbocycles. The van der Waals surface area contributed by atoms with Crippen LogP contribution >= 0.6 is 0 Å². The zero-order valence-electron chi connectivity index (χ0n) is 12.0. The van der Waals surface area contributed by atoms with Crippen molar-refractivity contribution in [2.75, 3.05) is 6.54 Å². The van der Waals surface area contributed by atoms with E-state index in [0.29, 0.717) is 17.0 Å². The Morgan fingerprint density at radius 3 is 2.57 bits per heavy atom. The van der Waals surface area contributed by atoms with E-state index in [1.807, 2.05) is 0 Å². The smallest absolute Gasteiger partial charge is 0.273 e. The van der Waals surface area contributed by atoms with Gasteiger partial charge in [-0.2, -0.15) is 0 Å². The lowest BCUT2D eigenvalue weighted by Crippen LogP contribution is -2.38. The van der Waals surface area contributed by atoms with Gasteiger partial charge in [0.1, 0.15) is 0 Å². The number of rotatable bonds is 6. The fraction of sp³-hybridized carbons (Fsp3) is 0.538. The van der Waals surface area contributed by atoms with E-state index in [-0.39, 0.29) is 23.2 Å². The summed E-state index contributed by atoms with van der Waals surface area (Å²) in [6.07, 6.45) is 2.05. The molecule has 3 N–H and O–H groups in total. The first-order valence-electron chi connectivity index (χ1n) is 6.73. The van der Waals surface area contributed by atoms with Crippen LogP contribution in [0.25, 0.3) is 0 Å². The summed E-state index contributed by atoms with van der Waals surface area (Å²) >= 11 is 0. The van der Waals surface area contributed by atoms with Crippen molar-refractivity contribution in [2.45, 2.75) is 37.6 Å². The van der Waals surface area contributed by atoms with Crippen LogP contribution in [0.3, 0.4) is 0 Å². The summed E-state index contributed by atoms with van der Waals surface area (Å²) in [7, 11) is -3.79. The van der Waals surface area contributed by atoms with Crippen LogP contribution in [0, 0.1) is 29.9 Å². The van der Waals surface area contributed by atoms with Crippen molar-refractivity contribution in [1.82, 2.24) is 4.72 Å². The maximum Gasteiger partial charge on any atom is 0.273 e. The van der Waals surface area contributed by atoms with Crippen molar-refractivity contribution < 1.29 is 13.3 Å². The minimum absolute atomic E-state index is 0.0969. The van der Waals surface area contributed by atoms with Gasteiger partial charge in [-0.3, -0.25) is 10.1 Å². The predicted molar refractivity (Wildman–Crippen MR) is 78.5 cm³/mol. The first-order valence-corrected chi connectivity index (χ1v) is 8.21. The van der Waals surface area contributed by atoms with Crippen molar-refractivity contribution in [2.24, 2.45) is 11.7 Å². The number of nitro benzene ring substituents is 1. The predicted octanol–water partition coefficient (Wildman–Crippen LogP) is 1.23. The Kier molecular flexibility index (Phi) is 4.31. The Bertz CT molecular complexity index is 668. The molecule has 7 nitrogen and oxygen atoms in total. The fourth-order valence-corrected chi connectivity index (χ4v) is 3.31. The normalized spacial score (nSPS) is 16.7. The van der Waals surface area contributed by atoms with E-state index in [4.69, 9.17) is 5.73 Å². The largest absolute Gasteiger partial charge is 0.326 e. The number of nitrogens with zero attached hydrogens (tertiary/aromatic N) is 1. The zero-order chi connectivity index (χ0) is 15.8. The van der Waals surface area contributed by atoms with Crippen molar-refractivity contribution in [1.29, 1.82) is 0 Å². The summed E-state index contributed by atoms with van der Waals surface area (Å²) in [5.74, 6) is 0.377. The van der Waals surface area contributed by atoms with Gasteiger partial charge in [-0.25, -0.2) is 13.1 Å². The molecule has 8 heteroatoms. The van der Waals surface area contributed by atoms with Gasteiger partial charge >= 0.3 is 0 Å². The average molecular weight is 313 g/mol. The maximum atomic E-state index is 12.2. The second-order valence-corrected chi connectivity index (χ2v) is 7.26. The third-order valence-electron chi connectivity index (χ3n) is 3.86. The van der Waals surface area contributed by atoms with Crippen LogP contribution < -0.4 is 10.5 Å². The van der Waals surface area contributed by atoms with Gasteiger partial charge in [0, 0.05) is 24.2 Å². The molecule has 1 saturated carbocycles. The number of sulfonamides is 1. The summed E-state index contributed by atoms with van der Waals surface area (Å²) < 4.78 is 26.9. The van der Waals surface area contributed by atoms with E-state index in [0.717, 1.165) is 18.9 Å². The van der Waals surface area contributed by atoms with E-state index in [1.54, 1.807) is 13.8 Å². The minimum Gasteiger partial charge on any atom is -0.326 e. The molecule has 1 atom stereocenters. The second-order valence-electron chi connectivity index (χ2n) is 5.49. The van der Waals surface area contributed by atoms with Crippen LogP contribution in [-0.4, -0.2) is 25.9 Å². The van der Waals surface area contributed by atoms with E-state index >= 15 is 0 Å². The minimum atomic E-state index is -3.79. The quantitative estimate of drug-likeness (QED) is 0.605. The Hall–Kier alpha value is -1.51. The Morgan fingerprint density at radius 1 is 1.43 bits per heavy atom. The van der Waals surface area contributed by atoms with Crippen LogP contribution in [0.15, 0.2) is 17.0 Å². The summed E-state index contributed by atoms with van der Waals surface area (Å²) in [6.45, 7) is 3.39. The van der Waals surface area contributed by atoms with Gasteiger partial charge < -0.3 is 5.73 Å². The molecule has 0 amide bonds. The molecular formula is C13H19N3O4S. The van der Waals surface area contributed by atoms with E-state index < -0.39 is 14.9 Å². The van der Waals surface area contributed by atoms with Gasteiger partial charge in [-0.15, -0.1) is 0 Å². The lowest BCUT2D eigenvalue weighted by molar-refractivity contribution is -0.385. The highest BCUT2D eigenvalue weighted by molar-refractivity contribution is 7.89. The molecule has 0 bridgehead atoms. The molecule has 0 spiro atoms. The van der Waals surface area contributed by atoms with E-state index in [9.17, 15) is 18.5 Å². The monoisotopic (exact) mass is 313 g/mol. The number of hydrogen-bond donors (Lipinski definition) is 2. The standard InChI is InChI=1S/C13H19N3O4S/c1-8-5-11(6-13(9(8)2)16(17)18)21(19,20)15-7-12(14)10-3-4-10/h5-6,10,12,15H,3-4,7,14H2,1-2H3. The average Bonchev–Trinajstić information content (AvgIpc) is 3.23. The van der Waals surface area contributed by atoms with Gasteiger partial charge in [0.05, 0.1) is 9.82 Å². The number of benzene rings is 1. The number of nitrogens with two attached hydrogens (primary N) is 1. The molecule has 116 valence electrons. The summed E-state index contributed by atoms with van der Waals surface area (Å²) in [5.41, 5.74) is 6.70. The highest BCUT2D eigenvalue weighted by Gasteiger charge is 2.30. The first-order chi connectivity index (χ1) is 9.72. The maximum absolute atomic E-state index is 12.2.